The van der Waals surface area contributed by atoms with E-state index in [-0.39, 0.29) is 0 Å². The summed E-state index contributed by atoms with van der Waals surface area (Å²) in [4.78, 5) is 2.57. The zero-order valence-corrected chi connectivity index (χ0v) is 15.4. The van der Waals surface area contributed by atoms with E-state index in [0.717, 1.165) is 21.8 Å². The molecule has 0 radical (unpaired) electrons. The molecule has 0 bridgehead atoms. The molecule has 24 heavy (non-hydrogen) atoms. The SMILES string of the molecule is Cc1cccc(S(=O)(=O)N2CCN(c3cccc(Cl)c3C)CC2)c1. The molecule has 1 aliphatic rings. The lowest BCUT2D eigenvalue weighted by Gasteiger charge is -2.36. The van der Waals surface area contributed by atoms with Crippen molar-refractivity contribution in [1.82, 2.24) is 4.31 Å². The Kier molecular flexibility index (Phi) is 4.85. The summed E-state index contributed by atoms with van der Waals surface area (Å²) in [5.74, 6) is 0. The first kappa shape index (κ1) is 17.3. The van der Waals surface area contributed by atoms with Crippen LogP contribution in [0.4, 0.5) is 5.69 Å². The first-order chi connectivity index (χ1) is 11.4. The fourth-order valence-corrected chi connectivity index (χ4v) is 4.73. The highest BCUT2D eigenvalue weighted by molar-refractivity contribution is 7.89. The molecule has 1 fully saturated rings. The van der Waals surface area contributed by atoms with Crippen LogP contribution in [-0.2, 0) is 10.0 Å². The Morgan fingerprint density at radius 3 is 2.29 bits per heavy atom. The summed E-state index contributed by atoms with van der Waals surface area (Å²) in [6.07, 6.45) is 0. The van der Waals surface area contributed by atoms with Crippen LogP contribution in [0.5, 0.6) is 0 Å². The molecule has 0 aromatic heterocycles. The maximum Gasteiger partial charge on any atom is 0.243 e. The molecule has 0 atom stereocenters. The zero-order chi connectivity index (χ0) is 17.3. The number of sulfonamides is 1. The molecule has 2 aromatic carbocycles. The van der Waals surface area contributed by atoms with Crippen LogP contribution in [0.2, 0.25) is 5.02 Å². The van der Waals surface area contributed by atoms with E-state index in [1.807, 2.05) is 38.1 Å². The summed E-state index contributed by atoms with van der Waals surface area (Å²) >= 11 is 6.20. The third-order valence-electron chi connectivity index (χ3n) is 4.45. The number of aryl methyl sites for hydroxylation is 1. The van der Waals surface area contributed by atoms with Gasteiger partial charge in [-0.3, -0.25) is 0 Å². The first-order valence-electron chi connectivity index (χ1n) is 7.96. The Balaban J connectivity index is 1.76. The van der Waals surface area contributed by atoms with Gasteiger partial charge in [-0.25, -0.2) is 8.42 Å². The summed E-state index contributed by atoms with van der Waals surface area (Å²) in [6, 6.07) is 12.9. The first-order valence-corrected chi connectivity index (χ1v) is 9.78. The molecule has 4 nitrogen and oxygen atoms in total. The third kappa shape index (κ3) is 3.29. The Hall–Kier alpha value is -1.56. The summed E-state index contributed by atoms with van der Waals surface area (Å²) in [7, 11) is -3.43. The number of hydrogen-bond acceptors (Lipinski definition) is 3. The molecule has 1 heterocycles. The number of benzene rings is 2. The summed E-state index contributed by atoms with van der Waals surface area (Å²) in [6.45, 7) is 6.16. The van der Waals surface area contributed by atoms with Crippen LogP contribution >= 0.6 is 11.6 Å². The van der Waals surface area contributed by atoms with Crippen molar-refractivity contribution in [2.75, 3.05) is 31.1 Å². The highest BCUT2D eigenvalue weighted by Gasteiger charge is 2.29. The monoisotopic (exact) mass is 364 g/mol. The molecule has 2 aromatic rings. The zero-order valence-electron chi connectivity index (χ0n) is 13.9. The predicted octanol–water partition coefficient (Wildman–Crippen LogP) is 3.47. The van der Waals surface area contributed by atoms with E-state index in [1.165, 1.54) is 0 Å². The number of rotatable bonds is 3. The van der Waals surface area contributed by atoms with Gasteiger partial charge in [-0.05, 0) is 49.2 Å². The third-order valence-corrected chi connectivity index (χ3v) is 6.75. The van der Waals surface area contributed by atoms with Crippen LogP contribution in [0.25, 0.3) is 0 Å². The summed E-state index contributed by atoms with van der Waals surface area (Å²) < 4.78 is 27.1. The summed E-state index contributed by atoms with van der Waals surface area (Å²) in [5, 5.41) is 0.738. The van der Waals surface area contributed by atoms with Crippen molar-refractivity contribution in [3.8, 4) is 0 Å². The average molecular weight is 365 g/mol. The van der Waals surface area contributed by atoms with Crippen molar-refractivity contribution >= 4 is 27.3 Å². The van der Waals surface area contributed by atoms with Gasteiger partial charge in [0.15, 0.2) is 0 Å². The van der Waals surface area contributed by atoms with Gasteiger partial charge in [0.1, 0.15) is 0 Å². The van der Waals surface area contributed by atoms with Crippen LogP contribution < -0.4 is 4.90 Å². The Bertz CT molecular complexity index is 844. The van der Waals surface area contributed by atoms with Crippen molar-refractivity contribution in [3.05, 3.63) is 58.6 Å². The maximum atomic E-state index is 12.8. The second-order valence-electron chi connectivity index (χ2n) is 6.09. The van der Waals surface area contributed by atoms with Gasteiger partial charge in [-0.1, -0.05) is 29.8 Å². The molecular weight excluding hydrogens is 344 g/mol. The van der Waals surface area contributed by atoms with E-state index in [1.54, 1.807) is 22.5 Å². The molecule has 3 rings (SSSR count). The van der Waals surface area contributed by atoms with E-state index in [9.17, 15) is 8.42 Å². The molecule has 1 aliphatic heterocycles. The Morgan fingerprint density at radius 1 is 0.958 bits per heavy atom. The molecule has 0 unspecified atom stereocenters. The van der Waals surface area contributed by atoms with Gasteiger partial charge in [0.2, 0.25) is 10.0 Å². The maximum absolute atomic E-state index is 12.8. The minimum atomic E-state index is -3.43. The molecule has 0 saturated carbocycles. The standard InChI is InChI=1S/C18H21ClN2O2S/c1-14-5-3-6-16(13-14)24(22,23)21-11-9-20(10-12-21)18-8-4-7-17(19)15(18)2/h3-8,13H,9-12H2,1-2H3. The predicted molar refractivity (Wildman–Crippen MR) is 98.3 cm³/mol. The topological polar surface area (TPSA) is 40.6 Å². The van der Waals surface area contributed by atoms with Gasteiger partial charge >= 0.3 is 0 Å². The lowest BCUT2D eigenvalue weighted by Crippen LogP contribution is -2.48. The van der Waals surface area contributed by atoms with Crippen molar-refractivity contribution < 1.29 is 8.42 Å². The molecule has 6 heteroatoms. The van der Waals surface area contributed by atoms with Crippen LogP contribution in [-0.4, -0.2) is 38.9 Å². The van der Waals surface area contributed by atoms with Gasteiger partial charge in [0.25, 0.3) is 0 Å². The smallest absolute Gasteiger partial charge is 0.243 e. The molecular formula is C18H21ClN2O2S. The number of piperazine rings is 1. The van der Waals surface area contributed by atoms with Crippen molar-refractivity contribution in [2.45, 2.75) is 18.7 Å². The summed E-state index contributed by atoms with van der Waals surface area (Å²) in [5.41, 5.74) is 3.06. The molecule has 0 amide bonds. The van der Waals surface area contributed by atoms with Gasteiger partial charge in [-0.15, -0.1) is 0 Å². The van der Waals surface area contributed by atoms with Gasteiger partial charge in [0, 0.05) is 36.9 Å². The minimum Gasteiger partial charge on any atom is -0.369 e. The van der Waals surface area contributed by atoms with Gasteiger partial charge in [-0.2, -0.15) is 4.31 Å². The van der Waals surface area contributed by atoms with Gasteiger partial charge < -0.3 is 4.90 Å². The highest BCUT2D eigenvalue weighted by atomic mass is 35.5. The molecule has 0 N–H and O–H groups in total. The highest BCUT2D eigenvalue weighted by Crippen LogP contribution is 2.28. The number of nitrogens with zero attached hydrogens (tertiary/aromatic N) is 2. The van der Waals surface area contributed by atoms with E-state index < -0.39 is 10.0 Å². The largest absolute Gasteiger partial charge is 0.369 e. The number of hydrogen-bond donors (Lipinski definition) is 0. The van der Waals surface area contributed by atoms with Crippen LogP contribution in [0.15, 0.2) is 47.4 Å². The Labute approximate surface area is 148 Å². The molecule has 1 saturated heterocycles. The molecule has 128 valence electrons. The van der Waals surface area contributed by atoms with Crippen LogP contribution in [0.3, 0.4) is 0 Å². The normalized spacial score (nSPS) is 16.4. The van der Waals surface area contributed by atoms with Crippen LogP contribution in [0, 0.1) is 13.8 Å². The fraction of sp³-hybridized carbons (Fsp3) is 0.333. The Morgan fingerprint density at radius 2 is 1.62 bits per heavy atom. The lowest BCUT2D eigenvalue weighted by atomic mass is 10.1. The van der Waals surface area contributed by atoms with Crippen molar-refractivity contribution in [2.24, 2.45) is 0 Å². The van der Waals surface area contributed by atoms with Crippen molar-refractivity contribution in [1.29, 1.82) is 0 Å². The average Bonchev–Trinajstić information content (AvgIpc) is 2.57. The van der Waals surface area contributed by atoms with Crippen molar-refractivity contribution in [3.63, 3.8) is 0 Å². The van der Waals surface area contributed by atoms with E-state index >= 15 is 0 Å². The van der Waals surface area contributed by atoms with E-state index in [2.05, 4.69) is 4.90 Å². The number of anilines is 1. The number of halogens is 1. The molecule has 0 spiro atoms. The minimum absolute atomic E-state index is 0.370. The van der Waals surface area contributed by atoms with Crippen LogP contribution in [0.1, 0.15) is 11.1 Å². The second-order valence-corrected chi connectivity index (χ2v) is 8.44. The van der Waals surface area contributed by atoms with E-state index in [4.69, 9.17) is 11.6 Å². The lowest BCUT2D eigenvalue weighted by molar-refractivity contribution is 0.384. The fourth-order valence-electron chi connectivity index (χ4n) is 3.03. The second kappa shape index (κ2) is 6.75. The van der Waals surface area contributed by atoms with Gasteiger partial charge in [0.05, 0.1) is 4.90 Å². The quantitative estimate of drug-likeness (QED) is 0.837. The van der Waals surface area contributed by atoms with E-state index in [0.29, 0.717) is 31.1 Å². The molecule has 0 aliphatic carbocycles.